The van der Waals surface area contributed by atoms with Gasteiger partial charge in [0.25, 0.3) is 0 Å². The smallest absolute Gasteiger partial charge is 0.120 e. The Bertz CT molecular complexity index is 535. The number of pyridine rings is 1. The standard InChI is InChI=1S/C14H19N3/c1-11-5-4-6-12-9-16-13(17(11)12)14(10-15)7-2-3-8-14/h4-6,9H,2-3,7-8,10,15H2,1H3. The average Bonchev–Trinajstić information content (AvgIpc) is 2.96. The van der Waals surface area contributed by atoms with Gasteiger partial charge in [0, 0.05) is 17.7 Å². The molecule has 0 aromatic carbocycles. The number of aryl methyl sites for hydroxylation is 1. The van der Waals surface area contributed by atoms with Crippen LogP contribution in [0.25, 0.3) is 5.52 Å². The van der Waals surface area contributed by atoms with Gasteiger partial charge in [-0.1, -0.05) is 18.9 Å². The van der Waals surface area contributed by atoms with Crippen molar-refractivity contribution in [1.82, 2.24) is 9.38 Å². The molecule has 3 heteroatoms. The van der Waals surface area contributed by atoms with Crippen LogP contribution in [-0.2, 0) is 5.41 Å². The van der Waals surface area contributed by atoms with Crippen molar-refractivity contribution in [2.45, 2.75) is 38.0 Å². The molecule has 0 radical (unpaired) electrons. The van der Waals surface area contributed by atoms with Crippen LogP contribution in [0.1, 0.15) is 37.2 Å². The van der Waals surface area contributed by atoms with Gasteiger partial charge in [-0.3, -0.25) is 0 Å². The number of rotatable bonds is 2. The molecule has 1 fully saturated rings. The summed E-state index contributed by atoms with van der Waals surface area (Å²) in [5.74, 6) is 1.17. The minimum absolute atomic E-state index is 0.110. The average molecular weight is 229 g/mol. The molecule has 1 aliphatic carbocycles. The highest BCUT2D eigenvalue weighted by atomic mass is 15.0. The summed E-state index contributed by atoms with van der Waals surface area (Å²) in [7, 11) is 0. The van der Waals surface area contributed by atoms with Crippen molar-refractivity contribution in [3.63, 3.8) is 0 Å². The molecule has 0 atom stereocenters. The van der Waals surface area contributed by atoms with E-state index in [-0.39, 0.29) is 5.41 Å². The van der Waals surface area contributed by atoms with Crippen LogP contribution in [0.4, 0.5) is 0 Å². The van der Waals surface area contributed by atoms with Gasteiger partial charge in [-0.05, 0) is 31.9 Å². The van der Waals surface area contributed by atoms with Gasteiger partial charge < -0.3 is 10.1 Å². The Morgan fingerprint density at radius 2 is 2.12 bits per heavy atom. The number of hydrogen-bond donors (Lipinski definition) is 1. The molecule has 0 aliphatic heterocycles. The molecule has 2 aromatic heterocycles. The lowest BCUT2D eigenvalue weighted by Gasteiger charge is -2.26. The third-order valence-corrected chi connectivity index (χ3v) is 4.17. The zero-order valence-electron chi connectivity index (χ0n) is 10.3. The van der Waals surface area contributed by atoms with E-state index < -0.39 is 0 Å². The number of aromatic nitrogens is 2. The number of hydrogen-bond acceptors (Lipinski definition) is 2. The zero-order valence-corrected chi connectivity index (χ0v) is 10.3. The van der Waals surface area contributed by atoms with E-state index in [1.54, 1.807) is 0 Å². The van der Waals surface area contributed by atoms with Crippen molar-refractivity contribution in [1.29, 1.82) is 0 Å². The Balaban J connectivity index is 2.23. The van der Waals surface area contributed by atoms with Crippen molar-refractivity contribution in [3.05, 3.63) is 35.9 Å². The zero-order chi connectivity index (χ0) is 11.9. The van der Waals surface area contributed by atoms with Crippen LogP contribution in [0, 0.1) is 6.92 Å². The molecule has 3 rings (SSSR count). The Morgan fingerprint density at radius 3 is 2.82 bits per heavy atom. The molecule has 90 valence electrons. The minimum atomic E-state index is 0.110. The number of nitrogens with two attached hydrogens (primary N) is 1. The fourth-order valence-corrected chi connectivity index (χ4v) is 3.16. The van der Waals surface area contributed by atoms with Crippen LogP contribution >= 0.6 is 0 Å². The minimum Gasteiger partial charge on any atom is -0.329 e. The molecule has 2 heterocycles. The Labute approximate surface area is 102 Å². The van der Waals surface area contributed by atoms with Gasteiger partial charge in [-0.2, -0.15) is 0 Å². The van der Waals surface area contributed by atoms with E-state index in [0.717, 1.165) is 0 Å². The van der Waals surface area contributed by atoms with Gasteiger partial charge in [0.15, 0.2) is 0 Å². The molecule has 1 saturated carbocycles. The lowest BCUT2D eigenvalue weighted by molar-refractivity contribution is 0.422. The van der Waals surface area contributed by atoms with Gasteiger partial charge in [0.1, 0.15) is 5.82 Å². The molecule has 0 spiro atoms. The molecule has 17 heavy (non-hydrogen) atoms. The molecule has 1 aliphatic rings. The van der Waals surface area contributed by atoms with E-state index >= 15 is 0 Å². The Morgan fingerprint density at radius 1 is 1.35 bits per heavy atom. The summed E-state index contributed by atoms with van der Waals surface area (Å²) in [4.78, 5) is 4.66. The van der Waals surface area contributed by atoms with E-state index in [9.17, 15) is 0 Å². The van der Waals surface area contributed by atoms with Gasteiger partial charge in [-0.25, -0.2) is 4.98 Å². The first-order chi connectivity index (χ1) is 8.27. The predicted molar refractivity (Wildman–Crippen MR) is 69.1 cm³/mol. The first-order valence-corrected chi connectivity index (χ1v) is 6.40. The summed E-state index contributed by atoms with van der Waals surface area (Å²) >= 11 is 0. The van der Waals surface area contributed by atoms with Crippen molar-refractivity contribution >= 4 is 5.52 Å². The van der Waals surface area contributed by atoms with Crippen molar-refractivity contribution < 1.29 is 0 Å². The van der Waals surface area contributed by atoms with Gasteiger partial charge in [-0.15, -0.1) is 0 Å². The molecular formula is C14H19N3. The number of nitrogens with zero attached hydrogens (tertiary/aromatic N) is 2. The second kappa shape index (κ2) is 3.84. The second-order valence-corrected chi connectivity index (χ2v) is 5.20. The molecule has 0 unspecified atom stereocenters. The molecule has 3 nitrogen and oxygen atoms in total. The maximum absolute atomic E-state index is 6.05. The summed E-state index contributed by atoms with van der Waals surface area (Å²) in [6.45, 7) is 2.85. The van der Waals surface area contributed by atoms with Crippen molar-refractivity contribution in [3.8, 4) is 0 Å². The summed E-state index contributed by atoms with van der Waals surface area (Å²) in [5.41, 5.74) is 8.58. The van der Waals surface area contributed by atoms with Crippen LogP contribution in [-0.4, -0.2) is 15.9 Å². The van der Waals surface area contributed by atoms with E-state index in [2.05, 4.69) is 34.5 Å². The van der Waals surface area contributed by atoms with Gasteiger partial charge >= 0.3 is 0 Å². The molecule has 0 amide bonds. The number of fused-ring (bicyclic) bond motifs is 1. The highest BCUT2D eigenvalue weighted by Gasteiger charge is 2.37. The molecular weight excluding hydrogens is 210 g/mol. The molecule has 2 aromatic rings. The molecule has 0 bridgehead atoms. The van der Waals surface area contributed by atoms with E-state index in [1.165, 1.54) is 42.7 Å². The van der Waals surface area contributed by atoms with Gasteiger partial charge in [0.05, 0.1) is 11.7 Å². The number of imidazole rings is 1. The fourth-order valence-electron chi connectivity index (χ4n) is 3.16. The Hall–Kier alpha value is -1.35. The second-order valence-electron chi connectivity index (χ2n) is 5.20. The third kappa shape index (κ3) is 1.49. The van der Waals surface area contributed by atoms with Crippen LogP contribution < -0.4 is 5.73 Å². The molecule has 2 N–H and O–H groups in total. The lowest BCUT2D eigenvalue weighted by Crippen LogP contribution is -2.34. The maximum Gasteiger partial charge on any atom is 0.120 e. The van der Waals surface area contributed by atoms with Crippen molar-refractivity contribution in [2.75, 3.05) is 6.54 Å². The fraction of sp³-hybridized carbons (Fsp3) is 0.500. The van der Waals surface area contributed by atoms with Crippen LogP contribution in [0.3, 0.4) is 0 Å². The van der Waals surface area contributed by atoms with Crippen molar-refractivity contribution in [2.24, 2.45) is 5.73 Å². The largest absolute Gasteiger partial charge is 0.329 e. The lowest BCUT2D eigenvalue weighted by atomic mass is 9.85. The van der Waals surface area contributed by atoms with Gasteiger partial charge in [0.2, 0.25) is 0 Å². The topological polar surface area (TPSA) is 43.3 Å². The normalized spacial score (nSPS) is 18.9. The summed E-state index contributed by atoms with van der Waals surface area (Å²) in [5, 5.41) is 0. The first kappa shape index (κ1) is 10.8. The Kier molecular flexibility index (Phi) is 2.44. The first-order valence-electron chi connectivity index (χ1n) is 6.40. The summed E-state index contributed by atoms with van der Waals surface area (Å²) in [6, 6.07) is 6.33. The molecule has 0 saturated heterocycles. The summed E-state index contributed by atoms with van der Waals surface area (Å²) < 4.78 is 2.28. The monoisotopic (exact) mass is 229 g/mol. The highest BCUT2D eigenvalue weighted by molar-refractivity contribution is 5.48. The van der Waals surface area contributed by atoms with E-state index in [1.807, 2.05) is 6.20 Å². The van der Waals surface area contributed by atoms with Crippen LogP contribution in [0.15, 0.2) is 24.4 Å². The quantitative estimate of drug-likeness (QED) is 0.859. The maximum atomic E-state index is 6.05. The predicted octanol–water partition coefficient (Wildman–Crippen LogP) is 2.41. The van der Waals surface area contributed by atoms with E-state index in [4.69, 9.17) is 5.73 Å². The summed E-state index contributed by atoms with van der Waals surface area (Å²) in [6.07, 6.45) is 6.88. The van der Waals surface area contributed by atoms with Crippen LogP contribution in [0.2, 0.25) is 0 Å². The van der Waals surface area contributed by atoms with Crippen LogP contribution in [0.5, 0.6) is 0 Å². The SMILES string of the molecule is Cc1cccc2cnc(C3(CN)CCCC3)n12. The third-order valence-electron chi connectivity index (χ3n) is 4.17. The van der Waals surface area contributed by atoms with E-state index in [0.29, 0.717) is 6.54 Å². The highest BCUT2D eigenvalue weighted by Crippen LogP contribution is 2.39.